The molecule has 6 heteroatoms. The first-order valence-corrected chi connectivity index (χ1v) is 5.82. The van der Waals surface area contributed by atoms with Crippen LogP contribution >= 0.6 is 0 Å². The number of carbonyl (C=O) groups is 1. The number of benzene rings is 1. The zero-order chi connectivity index (χ0) is 14.7. The number of nitrogen functional groups attached to an aromatic ring is 1. The summed E-state index contributed by atoms with van der Waals surface area (Å²) < 4.78 is 0. The summed E-state index contributed by atoms with van der Waals surface area (Å²) in [6, 6.07) is 10.6. The largest absolute Gasteiger partial charge is 0.397 e. The van der Waals surface area contributed by atoms with E-state index in [2.05, 4.69) is 11.1 Å². The maximum Gasteiger partial charge on any atom is 0.252 e. The van der Waals surface area contributed by atoms with Gasteiger partial charge in [0.2, 0.25) is 0 Å². The summed E-state index contributed by atoms with van der Waals surface area (Å²) in [6.07, 6.45) is 1.44. The van der Waals surface area contributed by atoms with Gasteiger partial charge in [-0.25, -0.2) is 4.98 Å². The molecule has 4 N–H and O–H groups in total. The zero-order valence-corrected chi connectivity index (χ0v) is 10.9. The number of aromatic nitrogens is 1. The van der Waals surface area contributed by atoms with E-state index in [-0.39, 0.29) is 5.56 Å². The lowest BCUT2D eigenvalue weighted by Gasteiger charge is -2.21. The van der Waals surface area contributed by atoms with Gasteiger partial charge >= 0.3 is 0 Å². The minimum atomic E-state index is -0.624. The minimum Gasteiger partial charge on any atom is -0.397 e. The van der Waals surface area contributed by atoms with Gasteiger partial charge in [0.1, 0.15) is 11.9 Å². The molecule has 1 aromatic heterocycles. The van der Waals surface area contributed by atoms with Crippen molar-refractivity contribution >= 4 is 23.1 Å². The van der Waals surface area contributed by atoms with Crippen molar-refractivity contribution in [1.29, 1.82) is 5.26 Å². The Hall–Kier alpha value is -3.07. The Labute approximate surface area is 116 Å². The van der Waals surface area contributed by atoms with Crippen LogP contribution in [0.3, 0.4) is 0 Å². The van der Waals surface area contributed by atoms with Crippen molar-refractivity contribution in [3.05, 3.63) is 47.7 Å². The van der Waals surface area contributed by atoms with Gasteiger partial charge in [-0.05, 0) is 18.2 Å². The Kier molecular flexibility index (Phi) is 3.53. The van der Waals surface area contributed by atoms with Crippen LogP contribution in [-0.2, 0) is 0 Å². The third-order valence-electron chi connectivity index (χ3n) is 2.86. The molecular weight excluding hydrogens is 254 g/mol. The number of amides is 1. The number of hydrogen-bond donors (Lipinski definition) is 2. The van der Waals surface area contributed by atoms with Crippen LogP contribution in [0.2, 0.25) is 0 Å². The van der Waals surface area contributed by atoms with Gasteiger partial charge in [0, 0.05) is 7.05 Å². The van der Waals surface area contributed by atoms with Crippen LogP contribution in [0.1, 0.15) is 15.9 Å². The van der Waals surface area contributed by atoms with E-state index >= 15 is 0 Å². The summed E-state index contributed by atoms with van der Waals surface area (Å²) in [5.41, 5.74) is 12.6. The van der Waals surface area contributed by atoms with E-state index in [4.69, 9.17) is 16.7 Å². The van der Waals surface area contributed by atoms with Crippen molar-refractivity contribution in [2.24, 2.45) is 5.73 Å². The highest BCUT2D eigenvalue weighted by molar-refractivity contribution is 5.99. The predicted octanol–water partition coefficient (Wildman–Crippen LogP) is 1.40. The molecule has 0 radical (unpaired) electrons. The van der Waals surface area contributed by atoms with Crippen LogP contribution in [0.15, 0.2) is 36.5 Å². The molecule has 0 spiro atoms. The Morgan fingerprint density at radius 2 is 2.10 bits per heavy atom. The maximum absolute atomic E-state index is 11.5. The van der Waals surface area contributed by atoms with Gasteiger partial charge in [0.15, 0.2) is 0 Å². The van der Waals surface area contributed by atoms with Gasteiger partial charge in [0.05, 0.1) is 28.7 Å². The Bertz CT molecular complexity index is 705. The smallest absolute Gasteiger partial charge is 0.252 e. The van der Waals surface area contributed by atoms with Crippen molar-refractivity contribution in [1.82, 2.24) is 4.98 Å². The number of hydrogen-bond acceptors (Lipinski definition) is 5. The monoisotopic (exact) mass is 267 g/mol. The van der Waals surface area contributed by atoms with E-state index in [1.165, 1.54) is 12.3 Å². The molecule has 2 rings (SSSR count). The first-order valence-electron chi connectivity index (χ1n) is 5.82. The lowest BCUT2D eigenvalue weighted by molar-refractivity contribution is 0.100. The lowest BCUT2D eigenvalue weighted by atomic mass is 10.1. The van der Waals surface area contributed by atoms with Gasteiger partial charge < -0.3 is 16.4 Å². The van der Waals surface area contributed by atoms with Crippen molar-refractivity contribution in [3.8, 4) is 6.07 Å². The molecule has 0 saturated carbocycles. The van der Waals surface area contributed by atoms with Gasteiger partial charge in [-0.3, -0.25) is 4.79 Å². The summed E-state index contributed by atoms with van der Waals surface area (Å²) in [7, 11) is 1.71. The summed E-state index contributed by atoms with van der Waals surface area (Å²) in [5, 5.41) is 9.13. The molecule has 1 aromatic carbocycles. The summed E-state index contributed by atoms with van der Waals surface area (Å²) in [6.45, 7) is 0. The second-order valence-electron chi connectivity index (χ2n) is 4.19. The number of nitrogens with zero attached hydrogens (tertiary/aromatic N) is 3. The molecular formula is C14H13N5O. The quantitative estimate of drug-likeness (QED) is 0.873. The highest BCUT2D eigenvalue weighted by Gasteiger charge is 2.17. The molecule has 6 nitrogen and oxygen atoms in total. The van der Waals surface area contributed by atoms with E-state index in [9.17, 15) is 4.79 Å². The predicted molar refractivity (Wildman–Crippen MR) is 76.4 cm³/mol. The number of pyridine rings is 1. The normalized spacial score (nSPS) is 9.80. The van der Waals surface area contributed by atoms with Crippen LogP contribution in [0.4, 0.5) is 17.2 Å². The number of carbonyl (C=O) groups excluding carboxylic acids is 1. The van der Waals surface area contributed by atoms with Gasteiger partial charge in [-0.15, -0.1) is 0 Å². The average molecular weight is 267 g/mol. The molecule has 0 unspecified atom stereocenters. The highest BCUT2D eigenvalue weighted by atomic mass is 16.1. The standard InChI is InChI=1S/C14H13N5O/c1-19(12-5-3-2-4-9(12)7-15)14-11(13(17)20)6-10(16)8-18-14/h2-6,8H,16H2,1H3,(H2,17,20). The molecule has 0 bridgehead atoms. The fraction of sp³-hybridized carbons (Fsp3) is 0.0714. The van der Waals surface area contributed by atoms with Crippen LogP contribution < -0.4 is 16.4 Å². The van der Waals surface area contributed by atoms with Gasteiger partial charge in [0.25, 0.3) is 5.91 Å². The number of anilines is 3. The fourth-order valence-electron chi connectivity index (χ4n) is 1.90. The van der Waals surface area contributed by atoms with Crippen LogP contribution in [0.25, 0.3) is 0 Å². The first-order chi connectivity index (χ1) is 9.54. The second kappa shape index (κ2) is 5.28. The van der Waals surface area contributed by atoms with Crippen LogP contribution in [-0.4, -0.2) is 17.9 Å². The second-order valence-corrected chi connectivity index (χ2v) is 4.19. The highest BCUT2D eigenvalue weighted by Crippen LogP contribution is 2.28. The average Bonchev–Trinajstić information content (AvgIpc) is 2.46. The number of para-hydroxylation sites is 1. The molecule has 1 amide bonds. The molecule has 0 aliphatic heterocycles. The number of nitrogens with two attached hydrogens (primary N) is 2. The minimum absolute atomic E-state index is 0.209. The van der Waals surface area contributed by atoms with Crippen molar-refractivity contribution in [3.63, 3.8) is 0 Å². The van der Waals surface area contributed by atoms with E-state index in [1.54, 1.807) is 36.2 Å². The SMILES string of the molecule is CN(c1ccccc1C#N)c1ncc(N)cc1C(N)=O. The molecule has 0 fully saturated rings. The molecule has 0 saturated heterocycles. The molecule has 0 atom stereocenters. The van der Waals surface area contributed by atoms with Gasteiger partial charge in [-0.1, -0.05) is 12.1 Å². The Morgan fingerprint density at radius 3 is 2.75 bits per heavy atom. The van der Waals surface area contributed by atoms with Crippen LogP contribution in [0, 0.1) is 11.3 Å². The van der Waals surface area contributed by atoms with Crippen molar-refractivity contribution in [2.45, 2.75) is 0 Å². The topological polar surface area (TPSA) is 109 Å². The number of primary amides is 1. The van der Waals surface area contributed by atoms with E-state index in [0.29, 0.717) is 22.8 Å². The van der Waals surface area contributed by atoms with Crippen molar-refractivity contribution < 1.29 is 4.79 Å². The molecule has 0 aliphatic carbocycles. The van der Waals surface area contributed by atoms with Gasteiger partial charge in [-0.2, -0.15) is 5.26 Å². The first kappa shape index (κ1) is 13.4. The molecule has 20 heavy (non-hydrogen) atoms. The van der Waals surface area contributed by atoms with Crippen LogP contribution in [0.5, 0.6) is 0 Å². The number of rotatable bonds is 3. The molecule has 2 aromatic rings. The third kappa shape index (κ3) is 2.37. The molecule has 0 aliphatic rings. The third-order valence-corrected chi connectivity index (χ3v) is 2.86. The van der Waals surface area contributed by atoms with E-state index in [0.717, 1.165) is 0 Å². The zero-order valence-electron chi connectivity index (χ0n) is 10.9. The summed E-state index contributed by atoms with van der Waals surface area (Å²) in [4.78, 5) is 17.3. The number of nitriles is 1. The molecule has 1 heterocycles. The summed E-state index contributed by atoms with van der Waals surface area (Å²) >= 11 is 0. The van der Waals surface area contributed by atoms with E-state index in [1.807, 2.05) is 0 Å². The summed E-state index contributed by atoms with van der Waals surface area (Å²) in [5.74, 6) is -0.268. The maximum atomic E-state index is 11.5. The fourth-order valence-corrected chi connectivity index (χ4v) is 1.90. The van der Waals surface area contributed by atoms with E-state index < -0.39 is 5.91 Å². The van der Waals surface area contributed by atoms with Crippen molar-refractivity contribution in [2.75, 3.05) is 17.7 Å². The Morgan fingerprint density at radius 1 is 1.40 bits per heavy atom. The molecule has 100 valence electrons. The lowest BCUT2D eigenvalue weighted by Crippen LogP contribution is -2.20. The Balaban J connectivity index is 2.57.